The number of H-pyrrole nitrogens is 1. The van der Waals surface area contributed by atoms with Crippen LogP contribution in [0.3, 0.4) is 0 Å². The molecule has 2 aromatic carbocycles. The van der Waals surface area contributed by atoms with Crippen molar-refractivity contribution in [2.24, 2.45) is 0 Å². The van der Waals surface area contributed by atoms with Gasteiger partial charge in [0.05, 0.1) is 5.69 Å². The van der Waals surface area contributed by atoms with Crippen LogP contribution in [-0.2, 0) is 0 Å². The van der Waals surface area contributed by atoms with Crippen LogP contribution in [-0.4, -0.2) is 20.6 Å². The van der Waals surface area contributed by atoms with Crippen molar-refractivity contribution in [1.29, 1.82) is 0 Å². The summed E-state index contributed by atoms with van der Waals surface area (Å²) < 4.78 is 0. The molecule has 0 amide bonds. The van der Waals surface area contributed by atoms with Gasteiger partial charge in [0.25, 0.3) is 0 Å². The van der Waals surface area contributed by atoms with E-state index in [1.54, 1.807) is 0 Å². The van der Waals surface area contributed by atoms with Gasteiger partial charge in [0.2, 0.25) is 5.82 Å². The summed E-state index contributed by atoms with van der Waals surface area (Å²) >= 11 is 5.71. The highest BCUT2D eigenvalue weighted by atomic mass is 35.5. The van der Waals surface area contributed by atoms with Crippen molar-refractivity contribution in [3.8, 4) is 22.5 Å². The highest BCUT2D eigenvalue weighted by molar-refractivity contribution is 6.24. The van der Waals surface area contributed by atoms with E-state index in [-0.39, 0.29) is 0 Å². The topological polar surface area (TPSA) is 66.5 Å². The van der Waals surface area contributed by atoms with E-state index in [2.05, 4.69) is 25.5 Å². The van der Waals surface area contributed by atoms with Gasteiger partial charge >= 0.3 is 0 Å². The van der Waals surface area contributed by atoms with E-state index in [4.69, 9.17) is 11.8 Å². The summed E-state index contributed by atoms with van der Waals surface area (Å²) in [7, 11) is 0. The van der Waals surface area contributed by atoms with Gasteiger partial charge in [0, 0.05) is 17.3 Å². The zero-order chi connectivity index (χ0) is 13.1. The van der Waals surface area contributed by atoms with Gasteiger partial charge in [-0.25, -0.2) is 0 Å². The number of nitrogens with zero attached hydrogens (tertiary/aromatic N) is 3. The number of hydrogen-bond donors (Lipinski definition) is 2. The molecule has 0 fully saturated rings. The van der Waals surface area contributed by atoms with Crippen molar-refractivity contribution >= 4 is 17.5 Å². The largest absolute Gasteiger partial charge is 0.298 e. The molecule has 1 aromatic heterocycles. The summed E-state index contributed by atoms with van der Waals surface area (Å²) in [6, 6.07) is 15.9. The summed E-state index contributed by atoms with van der Waals surface area (Å²) in [4.78, 5) is 2.61. The van der Waals surface area contributed by atoms with E-state index in [1.807, 2.05) is 48.5 Å². The first-order valence-corrected chi connectivity index (χ1v) is 6.06. The molecular weight excluding hydrogens is 262 g/mol. The molecule has 1 heterocycles. The van der Waals surface area contributed by atoms with Crippen LogP contribution in [0.1, 0.15) is 0 Å². The van der Waals surface area contributed by atoms with E-state index >= 15 is 0 Å². The zero-order valence-corrected chi connectivity index (χ0v) is 10.6. The molecule has 5 nitrogen and oxygen atoms in total. The molecule has 0 atom stereocenters. The number of anilines is 1. The van der Waals surface area contributed by atoms with Gasteiger partial charge in [-0.1, -0.05) is 36.4 Å². The van der Waals surface area contributed by atoms with E-state index in [0.717, 1.165) is 22.4 Å². The summed E-state index contributed by atoms with van der Waals surface area (Å²) in [5, 5.41) is 14.0. The number of rotatable bonds is 3. The quantitative estimate of drug-likeness (QED) is 0.719. The van der Waals surface area contributed by atoms with Gasteiger partial charge < -0.3 is 0 Å². The van der Waals surface area contributed by atoms with Crippen molar-refractivity contribution in [3.63, 3.8) is 0 Å². The standard InChI is InChI=1S/C13H10ClN5/c14-15-12-7-6-10(9-4-2-1-3-5-9)8-11(12)13-16-18-19-17-13/h1-8,15H,(H,16,17,18,19). The van der Waals surface area contributed by atoms with Crippen molar-refractivity contribution < 1.29 is 0 Å². The van der Waals surface area contributed by atoms with Crippen molar-refractivity contribution in [1.82, 2.24) is 20.6 Å². The average molecular weight is 272 g/mol. The Labute approximate surface area is 114 Å². The molecule has 0 aliphatic carbocycles. The minimum absolute atomic E-state index is 0.501. The first kappa shape index (κ1) is 11.7. The third-order valence-electron chi connectivity index (χ3n) is 2.81. The second-order valence-corrected chi connectivity index (χ2v) is 4.15. The highest BCUT2D eigenvalue weighted by Crippen LogP contribution is 2.30. The zero-order valence-electron chi connectivity index (χ0n) is 9.84. The summed E-state index contributed by atoms with van der Waals surface area (Å²) in [6.45, 7) is 0. The Morgan fingerprint density at radius 2 is 1.84 bits per heavy atom. The number of hydrogen-bond acceptors (Lipinski definition) is 4. The molecule has 0 spiro atoms. The Kier molecular flexibility index (Phi) is 3.12. The molecule has 0 radical (unpaired) electrons. The van der Waals surface area contributed by atoms with Gasteiger partial charge in [-0.05, 0) is 28.5 Å². The minimum Gasteiger partial charge on any atom is -0.298 e. The lowest BCUT2D eigenvalue weighted by Gasteiger charge is -2.07. The van der Waals surface area contributed by atoms with Gasteiger partial charge in [-0.3, -0.25) is 4.84 Å². The molecule has 2 N–H and O–H groups in total. The Bertz CT molecular complexity index is 667. The minimum atomic E-state index is 0.501. The fourth-order valence-corrected chi connectivity index (χ4v) is 2.06. The Morgan fingerprint density at radius 3 is 2.53 bits per heavy atom. The second kappa shape index (κ2) is 5.07. The third-order valence-corrected chi connectivity index (χ3v) is 3.02. The van der Waals surface area contributed by atoms with Crippen LogP contribution < -0.4 is 4.84 Å². The van der Waals surface area contributed by atoms with Crippen LogP contribution in [0.25, 0.3) is 22.5 Å². The summed E-state index contributed by atoms with van der Waals surface area (Å²) in [5.74, 6) is 0.501. The van der Waals surface area contributed by atoms with Gasteiger partial charge in [-0.2, -0.15) is 5.21 Å². The predicted octanol–water partition coefficient (Wildman–Crippen LogP) is 3.10. The molecular formula is C13H10ClN5. The Morgan fingerprint density at radius 1 is 1.00 bits per heavy atom. The van der Waals surface area contributed by atoms with Crippen LogP contribution in [0.2, 0.25) is 0 Å². The van der Waals surface area contributed by atoms with E-state index in [1.165, 1.54) is 0 Å². The summed E-state index contributed by atoms with van der Waals surface area (Å²) in [5.41, 5.74) is 3.72. The molecule has 0 unspecified atom stereocenters. The molecule has 0 saturated carbocycles. The monoisotopic (exact) mass is 271 g/mol. The number of nitrogens with one attached hydrogen (secondary N) is 2. The molecule has 94 valence electrons. The van der Waals surface area contributed by atoms with Crippen LogP contribution in [0.4, 0.5) is 5.69 Å². The molecule has 19 heavy (non-hydrogen) atoms. The highest BCUT2D eigenvalue weighted by Gasteiger charge is 2.10. The lowest BCUT2D eigenvalue weighted by atomic mass is 10.0. The number of aromatic amines is 1. The smallest absolute Gasteiger partial charge is 0.206 e. The molecule has 0 bridgehead atoms. The normalized spacial score (nSPS) is 10.4. The molecule has 6 heteroatoms. The van der Waals surface area contributed by atoms with Gasteiger partial charge in [-0.15, -0.1) is 10.2 Å². The third kappa shape index (κ3) is 2.28. The van der Waals surface area contributed by atoms with Gasteiger partial charge in [0.1, 0.15) is 0 Å². The number of halogens is 1. The number of tetrazole rings is 1. The van der Waals surface area contributed by atoms with Crippen molar-refractivity contribution in [3.05, 3.63) is 48.5 Å². The molecule has 3 aromatic rings. The molecule has 0 aliphatic rings. The lowest BCUT2D eigenvalue weighted by molar-refractivity contribution is 0.881. The maximum atomic E-state index is 5.71. The first-order chi connectivity index (χ1) is 9.38. The van der Waals surface area contributed by atoms with E-state index < -0.39 is 0 Å². The maximum Gasteiger partial charge on any atom is 0.206 e. The Hall–Kier alpha value is -2.40. The average Bonchev–Trinajstić information content (AvgIpc) is 3.01. The van der Waals surface area contributed by atoms with Crippen LogP contribution in [0, 0.1) is 0 Å². The predicted molar refractivity (Wildman–Crippen MR) is 74.5 cm³/mol. The summed E-state index contributed by atoms with van der Waals surface area (Å²) in [6.07, 6.45) is 0. The number of aromatic nitrogens is 4. The SMILES string of the molecule is ClNc1ccc(-c2ccccc2)cc1-c1nn[nH]n1. The fraction of sp³-hybridized carbons (Fsp3) is 0. The molecule has 0 saturated heterocycles. The Balaban J connectivity index is 2.13. The van der Waals surface area contributed by atoms with Crippen molar-refractivity contribution in [2.45, 2.75) is 0 Å². The van der Waals surface area contributed by atoms with Crippen molar-refractivity contribution in [2.75, 3.05) is 4.84 Å². The lowest BCUT2D eigenvalue weighted by Crippen LogP contribution is -1.90. The van der Waals surface area contributed by atoms with Crippen LogP contribution >= 0.6 is 11.8 Å². The molecule has 0 aliphatic heterocycles. The van der Waals surface area contributed by atoms with E-state index in [9.17, 15) is 0 Å². The van der Waals surface area contributed by atoms with Gasteiger partial charge in [0.15, 0.2) is 0 Å². The second-order valence-electron chi connectivity index (χ2n) is 3.96. The van der Waals surface area contributed by atoms with Crippen LogP contribution in [0.5, 0.6) is 0 Å². The fourth-order valence-electron chi connectivity index (χ4n) is 1.90. The number of benzene rings is 2. The maximum absolute atomic E-state index is 5.71. The van der Waals surface area contributed by atoms with E-state index in [0.29, 0.717) is 5.82 Å². The van der Waals surface area contributed by atoms with Crippen LogP contribution in [0.15, 0.2) is 48.5 Å². The molecule has 3 rings (SSSR count). The first-order valence-electron chi connectivity index (χ1n) is 5.68.